The summed E-state index contributed by atoms with van der Waals surface area (Å²) in [6, 6.07) is 23.5. The normalized spacial score (nSPS) is 16.9. The first-order valence-corrected chi connectivity index (χ1v) is 13.7. The van der Waals surface area contributed by atoms with Gasteiger partial charge in [0.05, 0.1) is 19.8 Å². The molecule has 3 aromatic rings. The maximum Gasteiger partial charge on any atom is 0.124 e. The van der Waals surface area contributed by atoms with Crippen LogP contribution in [-0.4, -0.2) is 81.9 Å². The molecule has 0 amide bonds. The third-order valence-electron chi connectivity index (χ3n) is 6.47. The molecule has 39 heavy (non-hydrogen) atoms. The summed E-state index contributed by atoms with van der Waals surface area (Å²) in [7, 11) is 0. The third kappa shape index (κ3) is 10.00. The molecule has 0 atom stereocenters. The largest absolute Gasteiger partial charge is 0.507 e. The topological polar surface area (TPSA) is 87.6 Å². The number of aliphatic imine (C=N–C) groups is 1. The molecule has 4 rings (SSSR count). The maximum atomic E-state index is 9.97. The van der Waals surface area contributed by atoms with E-state index < -0.39 is 0 Å². The molecule has 8 nitrogen and oxygen atoms in total. The van der Waals surface area contributed by atoms with Crippen LogP contribution < -0.4 is 20.1 Å². The van der Waals surface area contributed by atoms with E-state index in [1.807, 2.05) is 54.6 Å². The number of hydrogen-bond acceptors (Lipinski definition) is 8. The Morgan fingerprint density at radius 1 is 0.744 bits per heavy atom. The average Bonchev–Trinajstić information content (AvgIpc) is 2.96. The lowest BCUT2D eigenvalue weighted by Gasteiger charge is -2.22. The van der Waals surface area contributed by atoms with E-state index in [4.69, 9.17) is 14.2 Å². The zero-order chi connectivity index (χ0) is 27.0. The second kappa shape index (κ2) is 16.5. The minimum atomic E-state index is 0.249. The van der Waals surface area contributed by atoms with Gasteiger partial charge in [-0.1, -0.05) is 48.5 Å². The molecule has 0 saturated carbocycles. The molecule has 0 saturated heterocycles. The van der Waals surface area contributed by atoms with Crippen LogP contribution >= 0.6 is 0 Å². The van der Waals surface area contributed by atoms with E-state index in [2.05, 4.69) is 32.7 Å². The standard InChI is InChI=1S/C31H40N4O4/c36-29-10-4-1-7-26(29)23-32-13-16-35-17-14-33-24-27-8-2-5-11-30(27)38-21-19-37-20-22-39-31-12-6-3-9-28(31)25-34-15-18-35/h1-12,23,33-34,36H,13-22,24-25H2. The predicted octanol–water partition coefficient (Wildman–Crippen LogP) is 3.48. The van der Waals surface area contributed by atoms with Gasteiger partial charge in [0.1, 0.15) is 30.5 Å². The van der Waals surface area contributed by atoms with Gasteiger partial charge in [0.2, 0.25) is 0 Å². The van der Waals surface area contributed by atoms with E-state index >= 15 is 0 Å². The number of nitrogens with one attached hydrogen (secondary N) is 2. The van der Waals surface area contributed by atoms with Crippen molar-refractivity contribution in [2.75, 3.05) is 65.7 Å². The minimum absolute atomic E-state index is 0.249. The Bertz CT molecular complexity index is 1100. The Balaban J connectivity index is 1.36. The first kappa shape index (κ1) is 28.6. The number of rotatable bonds is 4. The molecule has 1 aliphatic heterocycles. The summed E-state index contributed by atoms with van der Waals surface area (Å²) in [5.41, 5.74) is 3.00. The Kier molecular flexibility index (Phi) is 12.1. The van der Waals surface area contributed by atoms with Crippen molar-refractivity contribution in [1.29, 1.82) is 0 Å². The molecule has 3 aromatic carbocycles. The number of fused-ring (bicyclic) bond motifs is 2. The Hall–Kier alpha value is -3.43. The quantitative estimate of drug-likeness (QED) is 0.444. The van der Waals surface area contributed by atoms with Crippen molar-refractivity contribution in [3.8, 4) is 17.2 Å². The van der Waals surface area contributed by atoms with Crippen LogP contribution in [0.1, 0.15) is 16.7 Å². The lowest BCUT2D eigenvalue weighted by atomic mass is 10.2. The van der Waals surface area contributed by atoms with Gasteiger partial charge < -0.3 is 30.0 Å². The van der Waals surface area contributed by atoms with E-state index in [-0.39, 0.29) is 5.75 Å². The first-order chi connectivity index (χ1) is 19.3. The Labute approximate surface area is 231 Å². The van der Waals surface area contributed by atoms with Crippen LogP contribution in [0.5, 0.6) is 17.2 Å². The smallest absolute Gasteiger partial charge is 0.124 e. The number of benzene rings is 3. The fourth-order valence-corrected chi connectivity index (χ4v) is 4.32. The molecule has 0 aliphatic carbocycles. The minimum Gasteiger partial charge on any atom is -0.507 e. The summed E-state index contributed by atoms with van der Waals surface area (Å²) in [4.78, 5) is 6.97. The van der Waals surface area contributed by atoms with E-state index in [1.165, 1.54) is 0 Å². The van der Waals surface area contributed by atoms with E-state index in [0.717, 1.165) is 74.0 Å². The number of ether oxygens (including phenoxy) is 3. The first-order valence-electron chi connectivity index (χ1n) is 13.7. The summed E-state index contributed by atoms with van der Waals surface area (Å²) >= 11 is 0. The number of hydrogen-bond donors (Lipinski definition) is 3. The molecule has 0 radical (unpaired) electrons. The molecule has 3 N–H and O–H groups in total. The van der Waals surface area contributed by atoms with Crippen LogP contribution in [0.4, 0.5) is 0 Å². The molecular weight excluding hydrogens is 492 g/mol. The average molecular weight is 533 g/mol. The van der Waals surface area contributed by atoms with Crippen molar-refractivity contribution in [1.82, 2.24) is 15.5 Å². The van der Waals surface area contributed by atoms with Gasteiger partial charge in [0.25, 0.3) is 0 Å². The predicted molar refractivity (Wildman–Crippen MR) is 155 cm³/mol. The summed E-state index contributed by atoms with van der Waals surface area (Å²) in [6.07, 6.45) is 1.75. The highest BCUT2D eigenvalue weighted by molar-refractivity contribution is 5.83. The van der Waals surface area contributed by atoms with Crippen LogP contribution in [0.15, 0.2) is 77.8 Å². The second-order valence-electron chi connectivity index (χ2n) is 9.31. The lowest BCUT2D eigenvalue weighted by Crippen LogP contribution is -2.38. The van der Waals surface area contributed by atoms with Crippen molar-refractivity contribution in [2.24, 2.45) is 4.99 Å². The monoisotopic (exact) mass is 532 g/mol. The highest BCUT2D eigenvalue weighted by atomic mass is 16.5. The van der Waals surface area contributed by atoms with Crippen molar-refractivity contribution in [2.45, 2.75) is 13.1 Å². The van der Waals surface area contributed by atoms with Crippen LogP contribution in [0, 0.1) is 0 Å². The maximum absolute atomic E-state index is 9.97. The van der Waals surface area contributed by atoms with Gasteiger partial charge in [-0.3, -0.25) is 9.89 Å². The summed E-state index contributed by atoms with van der Waals surface area (Å²) in [5.74, 6) is 2.01. The molecule has 0 spiro atoms. The molecule has 0 unspecified atom stereocenters. The summed E-state index contributed by atoms with van der Waals surface area (Å²) < 4.78 is 17.7. The molecule has 8 heteroatoms. The van der Waals surface area contributed by atoms with Gasteiger partial charge in [-0.15, -0.1) is 0 Å². The van der Waals surface area contributed by atoms with Gasteiger partial charge in [-0.05, 0) is 24.3 Å². The summed E-state index contributed by atoms with van der Waals surface area (Å²) in [5, 5.41) is 17.1. The number of aromatic hydroxyl groups is 1. The van der Waals surface area contributed by atoms with Gasteiger partial charge in [0.15, 0.2) is 0 Å². The molecule has 208 valence electrons. The van der Waals surface area contributed by atoms with Crippen LogP contribution in [0.3, 0.4) is 0 Å². The van der Waals surface area contributed by atoms with Gasteiger partial charge in [0, 0.05) is 68.7 Å². The third-order valence-corrected chi connectivity index (χ3v) is 6.47. The van der Waals surface area contributed by atoms with E-state index in [0.29, 0.717) is 33.0 Å². The molecule has 0 fully saturated rings. The lowest BCUT2D eigenvalue weighted by molar-refractivity contribution is 0.0759. The molecular formula is C31H40N4O4. The van der Waals surface area contributed by atoms with Crippen molar-refractivity contribution in [3.63, 3.8) is 0 Å². The Morgan fingerprint density at radius 3 is 1.92 bits per heavy atom. The van der Waals surface area contributed by atoms with Crippen LogP contribution in [-0.2, 0) is 17.8 Å². The highest BCUT2D eigenvalue weighted by Gasteiger charge is 2.08. The van der Waals surface area contributed by atoms with Gasteiger partial charge >= 0.3 is 0 Å². The van der Waals surface area contributed by atoms with Crippen LogP contribution in [0.25, 0.3) is 0 Å². The van der Waals surface area contributed by atoms with Gasteiger partial charge in [-0.2, -0.15) is 0 Å². The van der Waals surface area contributed by atoms with E-state index in [9.17, 15) is 5.11 Å². The molecule has 0 bridgehead atoms. The highest BCUT2D eigenvalue weighted by Crippen LogP contribution is 2.19. The number of nitrogens with zero attached hydrogens (tertiary/aromatic N) is 2. The Morgan fingerprint density at radius 2 is 1.31 bits per heavy atom. The zero-order valence-corrected chi connectivity index (χ0v) is 22.6. The molecule has 1 heterocycles. The van der Waals surface area contributed by atoms with Crippen molar-refractivity contribution < 1.29 is 19.3 Å². The molecule has 0 aromatic heterocycles. The summed E-state index contributed by atoms with van der Waals surface area (Å²) in [6.45, 7) is 8.43. The van der Waals surface area contributed by atoms with Crippen LogP contribution in [0.2, 0.25) is 0 Å². The zero-order valence-electron chi connectivity index (χ0n) is 22.6. The molecule has 1 aliphatic rings. The SMILES string of the molecule is Oc1ccccc1C=NCCN1CCNCc2ccccc2OCCOCCOc2ccccc2CNCC1. The second-order valence-corrected chi connectivity index (χ2v) is 9.31. The van der Waals surface area contributed by atoms with Crippen molar-refractivity contribution >= 4 is 6.21 Å². The number of phenolic OH excluding ortho intramolecular Hbond substituents is 1. The number of para-hydroxylation sites is 3. The fraction of sp³-hybridized carbons (Fsp3) is 0.387. The number of phenols is 1. The fourth-order valence-electron chi connectivity index (χ4n) is 4.32. The van der Waals surface area contributed by atoms with E-state index in [1.54, 1.807) is 12.3 Å². The van der Waals surface area contributed by atoms with Crippen molar-refractivity contribution in [3.05, 3.63) is 89.5 Å². The van der Waals surface area contributed by atoms with Gasteiger partial charge in [-0.25, -0.2) is 0 Å².